The summed E-state index contributed by atoms with van der Waals surface area (Å²) >= 11 is 0. The molecule has 0 spiro atoms. The minimum atomic E-state index is -4.33. The number of aliphatic hydroxyl groups excluding tert-OH is 1. The van der Waals surface area contributed by atoms with Crippen LogP contribution >= 0.6 is 7.82 Å². The largest absolute Gasteiger partial charge is 0.472 e. The van der Waals surface area contributed by atoms with Crippen molar-refractivity contribution in [2.75, 3.05) is 40.9 Å². The van der Waals surface area contributed by atoms with E-state index in [0.29, 0.717) is 17.4 Å². The highest BCUT2D eigenvalue weighted by Crippen LogP contribution is 2.43. The normalized spacial score (nSPS) is 13.9. The van der Waals surface area contributed by atoms with Gasteiger partial charge in [0, 0.05) is 6.42 Å². The van der Waals surface area contributed by atoms with E-state index in [2.05, 4.69) is 19.2 Å². The second-order valence-corrected chi connectivity index (χ2v) is 24.3. The quantitative estimate of drug-likeness (QED) is 0.0243. The highest BCUT2D eigenvalue weighted by Gasteiger charge is 2.27. The van der Waals surface area contributed by atoms with Crippen molar-refractivity contribution < 1.29 is 32.9 Å². The van der Waals surface area contributed by atoms with Gasteiger partial charge in [0.05, 0.1) is 39.9 Å². The summed E-state index contributed by atoms with van der Waals surface area (Å²) in [5.41, 5.74) is 0. The maximum Gasteiger partial charge on any atom is 0.472 e. The molecule has 0 fully saturated rings. The number of quaternary nitrogens is 1. The van der Waals surface area contributed by atoms with Crippen LogP contribution in [0.2, 0.25) is 0 Å². The van der Waals surface area contributed by atoms with Crippen LogP contribution in [0.25, 0.3) is 0 Å². The topological polar surface area (TPSA) is 105 Å². The van der Waals surface area contributed by atoms with Crippen molar-refractivity contribution in [1.29, 1.82) is 0 Å². The number of nitrogens with one attached hydrogen (secondary N) is 1. The number of nitrogens with zero attached hydrogens (tertiary/aromatic N) is 1. The number of carbonyl (C=O) groups excluding carboxylic acids is 1. The first kappa shape index (κ1) is 69.2. The lowest BCUT2D eigenvalue weighted by molar-refractivity contribution is -0.870. The molecule has 0 radical (unpaired) electrons. The molecule has 0 aromatic heterocycles. The van der Waals surface area contributed by atoms with Crippen LogP contribution in [0, 0.1) is 0 Å². The van der Waals surface area contributed by atoms with Crippen molar-refractivity contribution in [3.8, 4) is 0 Å². The predicted octanol–water partition coefficient (Wildman–Crippen LogP) is 19.0. The maximum absolute atomic E-state index is 12.9. The summed E-state index contributed by atoms with van der Waals surface area (Å²) in [4.78, 5) is 23.1. The van der Waals surface area contributed by atoms with E-state index >= 15 is 0 Å². The van der Waals surface area contributed by atoms with E-state index < -0.39 is 20.0 Å². The summed E-state index contributed by atoms with van der Waals surface area (Å²) in [6.45, 7) is 4.79. The molecule has 3 atom stereocenters. The SMILES string of the molecule is CCCCCCC/C=C/C(O)C(COP(=O)(O)OCC[N+](C)(C)C)NC(=O)CCCCCCCCCCCCCCCCCCCCCCCCCCCCCCCCCCCCCCCCCCC. The standard InChI is InChI=1S/C61H123N2O6P/c1-6-8-10-12-14-15-16-17-18-19-20-21-22-23-24-25-26-27-28-29-30-31-32-33-34-35-36-37-38-39-40-41-42-43-44-45-46-47-49-51-53-55-61(65)62-59(60(64)54-52-50-48-13-11-9-7-2)58-69-70(66,67)68-57-56-63(3,4)5/h52,54,59-60,64H,6-51,53,55-58H2,1-5H3,(H-,62,65,66,67)/p+1/b54-52+. The van der Waals surface area contributed by atoms with Gasteiger partial charge in [0.25, 0.3) is 0 Å². The molecule has 0 rings (SSSR count). The van der Waals surface area contributed by atoms with Gasteiger partial charge in [-0.2, -0.15) is 0 Å². The molecule has 0 aromatic carbocycles. The first-order valence-electron chi connectivity index (χ1n) is 31.1. The minimum absolute atomic E-state index is 0.0641. The number of allylic oxidation sites excluding steroid dienone is 1. The summed E-state index contributed by atoms with van der Waals surface area (Å²) in [5.74, 6) is -0.175. The van der Waals surface area contributed by atoms with Crippen LogP contribution in [0.5, 0.6) is 0 Å². The van der Waals surface area contributed by atoms with E-state index in [4.69, 9.17) is 9.05 Å². The van der Waals surface area contributed by atoms with E-state index in [1.807, 2.05) is 27.2 Å². The Morgan fingerprint density at radius 3 is 1.06 bits per heavy atom. The average molecular weight is 1010 g/mol. The Morgan fingerprint density at radius 2 is 0.757 bits per heavy atom. The molecule has 0 heterocycles. The van der Waals surface area contributed by atoms with E-state index in [-0.39, 0.29) is 19.1 Å². The Morgan fingerprint density at radius 1 is 0.471 bits per heavy atom. The number of unbranched alkanes of at least 4 members (excludes halogenated alkanes) is 45. The van der Waals surface area contributed by atoms with Gasteiger partial charge < -0.3 is 19.8 Å². The number of aliphatic hydroxyl groups is 1. The lowest BCUT2D eigenvalue weighted by Crippen LogP contribution is -2.45. The highest BCUT2D eigenvalue weighted by atomic mass is 31.2. The van der Waals surface area contributed by atoms with Crippen molar-refractivity contribution in [2.24, 2.45) is 0 Å². The van der Waals surface area contributed by atoms with Gasteiger partial charge in [0.1, 0.15) is 13.2 Å². The lowest BCUT2D eigenvalue weighted by Gasteiger charge is -2.25. The molecule has 0 saturated heterocycles. The zero-order valence-electron chi connectivity index (χ0n) is 47.8. The van der Waals surface area contributed by atoms with Crippen LogP contribution in [-0.2, 0) is 18.4 Å². The summed E-state index contributed by atoms with van der Waals surface area (Å²) in [5, 5.41) is 13.8. The van der Waals surface area contributed by atoms with Crippen LogP contribution < -0.4 is 5.32 Å². The number of carbonyl (C=O) groups is 1. The van der Waals surface area contributed by atoms with E-state index in [1.165, 1.54) is 263 Å². The Hall–Kier alpha value is -0.760. The Kier molecular flexibility index (Phi) is 52.5. The Labute approximate surface area is 437 Å². The number of hydrogen-bond acceptors (Lipinski definition) is 5. The fourth-order valence-electron chi connectivity index (χ4n) is 9.63. The molecule has 0 aromatic rings. The lowest BCUT2D eigenvalue weighted by atomic mass is 10.0. The zero-order chi connectivity index (χ0) is 51.3. The molecule has 9 heteroatoms. The van der Waals surface area contributed by atoms with Gasteiger partial charge >= 0.3 is 7.82 Å². The summed E-state index contributed by atoms with van der Waals surface area (Å²) in [6, 6.07) is -0.839. The van der Waals surface area contributed by atoms with Crippen LogP contribution in [0.4, 0.5) is 0 Å². The molecule has 418 valence electrons. The van der Waals surface area contributed by atoms with Gasteiger partial charge in [-0.1, -0.05) is 309 Å². The maximum atomic E-state index is 12.9. The van der Waals surface area contributed by atoms with Gasteiger partial charge in [0.2, 0.25) is 5.91 Å². The molecule has 0 aliphatic rings. The average Bonchev–Trinajstić information content (AvgIpc) is 3.32. The van der Waals surface area contributed by atoms with Crippen molar-refractivity contribution in [3.05, 3.63) is 12.2 Å². The van der Waals surface area contributed by atoms with E-state index in [1.54, 1.807) is 6.08 Å². The van der Waals surface area contributed by atoms with Crippen LogP contribution in [0.15, 0.2) is 12.2 Å². The third-order valence-electron chi connectivity index (χ3n) is 14.5. The molecular formula is C61H124N2O6P+. The van der Waals surface area contributed by atoms with Crippen molar-refractivity contribution >= 4 is 13.7 Å². The number of rotatable bonds is 58. The first-order valence-corrected chi connectivity index (χ1v) is 32.6. The summed E-state index contributed by atoms with van der Waals surface area (Å²) in [7, 11) is 1.58. The second-order valence-electron chi connectivity index (χ2n) is 22.8. The summed E-state index contributed by atoms with van der Waals surface area (Å²) in [6.07, 6.45) is 66.9. The molecular weight excluding hydrogens is 888 g/mol. The van der Waals surface area contributed by atoms with Crippen molar-refractivity contribution in [2.45, 2.75) is 334 Å². The Balaban J connectivity index is 3.65. The molecule has 0 bridgehead atoms. The first-order chi connectivity index (χ1) is 34.0. The number of likely N-dealkylation sites (N-methyl/N-ethyl adjacent to an activating group) is 1. The second kappa shape index (κ2) is 53.1. The molecule has 3 unspecified atom stereocenters. The van der Waals surface area contributed by atoms with E-state index in [0.717, 1.165) is 38.5 Å². The molecule has 8 nitrogen and oxygen atoms in total. The molecule has 70 heavy (non-hydrogen) atoms. The highest BCUT2D eigenvalue weighted by molar-refractivity contribution is 7.47. The monoisotopic (exact) mass is 1010 g/mol. The minimum Gasteiger partial charge on any atom is -0.387 e. The third kappa shape index (κ3) is 55.0. The van der Waals surface area contributed by atoms with Crippen molar-refractivity contribution in [3.63, 3.8) is 0 Å². The fraction of sp³-hybridized carbons (Fsp3) is 0.951. The third-order valence-corrected chi connectivity index (χ3v) is 15.5. The predicted molar refractivity (Wildman–Crippen MR) is 305 cm³/mol. The zero-order valence-corrected chi connectivity index (χ0v) is 48.7. The number of phosphoric ester groups is 1. The van der Waals surface area contributed by atoms with Crippen LogP contribution in [-0.4, -0.2) is 73.4 Å². The van der Waals surface area contributed by atoms with Crippen molar-refractivity contribution in [1.82, 2.24) is 5.32 Å². The van der Waals surface area contributed by atoms with Crippen LogP contribution in [0.1, 0.15) is 322 Å². The molecule has 1 amide bonds. The van der Waals surface area contributed by atoms with Gasteiger partial charge in [-0.3, -0.25) is 13.8 Å². The molecule has 0 aliphatic carbocycles. The van der Waals surface area contributed by atoms with Gasteiger partial charge in [-0.05, 0) is 19.3 Å². The molecule has 0 saturated carbocycles. The van der Waals surface area contributed by atoms with Gasteiger partial charge in [-0.25, -0.2) is 4.57 Å². The fourth-order valence-corrected chi connectivity index (χ4v) is 10.4. The van der Waals surface area contributed by atoms with E-state index in [9.17, 15) is 19.4 Å². The molecule has 3 N–H and O–H groups in total. The van der Waals surface area contributed by atoms with Gasteiger partial charge in [-0.15, -0.1) is 0 Å². The Bertz CT molecular complexity index is 1150. The number of amides is 1. The van der Waals surface area contributed by atoms with Gasteiger partial charge in [0.15, 0.2) is 0 Å². The smallest absolute Gasteiger partial charge is 0.387 e. The molecule has 0 aliphatic heterocycles. The number of hydrogen-bond donors (Lipinski definition) is 3. The number of phosphoric acid groups is 1. The summed E-state index contributed by atoms with van der Waals surface area (Å²) < 4.78 is 23.5. The van der Waals surface area contributed by atoms with Crippen LogP contribution in [0.3, 0.4) is 0 Å².